The highest BCUT2D eigenvalue weighted by Crippen LogP contribution is 2.19. The van der Waals surface area contributed by atoms with Crippen LogP contribution in [0.2, 0.25) is 0 Å². The van der Waals surface area contributed by atoms with Crippen molar-refractivity contribution in [2.45, 2.75) is 32.2 Å². The fourth-order valence-corrected chi connectivity index (χ4v) is 1.59. The smallest absolute Gasteiger partial charge is 0.303 e. The van der Waals surface area contributed by atoms with Crippen molar-refractivity contribution in [2.24, 2.45) is 5.73 Å². The molecule has 0 aliphatic heterocycles. The number of carbonyl (C=O) groups is 1. The van der Waals surface area contributed by atoms with Crippen LogP contribution in [0.3, 0.4) is 0 Å². The maximum Gasteiger partial charge on any atom is 0.303 e. The maximum atomic E-state index is 9.37. The van der Waals surface area contributed by atoms with Gasteiger partial charge in [-0.2, -0.15) is 0 Å². The van der Waals surface area contributed by atoms with Crippen LogP contribution in [-0.2, 0) is 17.6 Å². The Balaban J connectivity index is 0.000000195. The highest BCUT2D eigenvalue weighted by Gasteiger charge is 2.15. The van der Waals surface area contributed by atoms with Crippen molar-refractivity contribution >= 4 is 5.97 Å². The van der Waals surface area contributed by atoms with E-state index in [0.29, 0.717) is 6.04 Å². The van der Waals surface area contributed by atoms with E-state index >= 15 is 0 Å². The summed E-state index contributed by atoms with van der Waals surface area (Å²) in [6.45, 7) is 1.60. The standard InChI is InChI=1S/C9H11N.C3H6O2/c10-9-5-7-3-1-2-4-8(7)6-9;1-2-3(4)5/h1-4,9H,5-6,10H2;2H2,1H3,(H,4,5). The maximum absolute atomic E-state index is 9.37. The molecule has 1 aliphatic carbocycles. The normalized spacial score (nSPS) is 14.0. The molecule has 0 fully saturated rings. The van der Waals surface area contributed by atoms with Crippen LogP contribution in [0.5, 0.6) is 0 Å². The quantitative estimate of drug-likeness (QED) is 0.735. The topological polar surface area (TPSA) is 63.3 Å². The van der Waals surface area contributed by atoms with Crippen LogP contribution < -0.4 is 5.73 Å². The van der Waals surface area contributed by atoms with Crippen LogP contribution in [0.1, 0.15) is 24.5 Å². The van der Waals surface area contributed by atoms with Crippen molar-refractivity contribution in [1.29, 1.82) is 0 Å². The zero-order valence-electron chi connectivity index (χ0n) is 8.94. The monoisotopic (exact) mass is 207 g/mol. The zero-order chi connectivity index (χ0) is 11.3. The second kappa shape index (κ2) is 5.51. The van der Waals surface area contributed by atoms with E-state index in [1.807, 2.05) is 0 Å². The molecule has 1 aromatic carbocycles. The summed E-state index contributed by atoms with van der Waals surface area (Å²) < 4.78 is 0. The SMILES string of the molecule is CCC(=O)O.NC1Cc2ccccc2C1. The van der Waals surface area contributed by atoms with Gasteiger partial charge in [-0.15, -0.1) is 0 Å². The molecule has 0 bridgehead atoms. The van der Waals surface area contributed by atoms with Gasteiger partial charge in [0.15, 0.2) is 0 Å². The third-order valence-corrected chi connectivity index (χ3v) is 2.39. The Morgan fingerprint density at radius 1 is 1.40 bits per heavy atom. The molecule has 82 valence electrons. The summed E-state index contributed by atoms with van der Waals surface area (Å²) in [4.78, 5) is 9.37. The average molecular weight is 207 g/mol. The van der Waals surface area contributed by atoms with Gasteiger partial charge in [0, 0.05) is 12.5 Å². The van der Waals surface area contributed by atoms with Gasteiger partial charge in [0.25, 0.3) is 0 Å². The summed E-state index contributed by atoms with van der Waals surface area (Å²) >= 11 is 0. The predicted octanol–water partition coefficient (Wildman–Crippen LogP) is 1.59. The average Bonchev–Trinajstić information content (AvgIpc) is 2.58. The molecule has 0 unspecified atom stereocenters. The molecule has 0 radical (unpaired) electrons. The number of aliphatic carboxylic acids is 1. The van der Waals surface area contributed by atoms with Gasteiger partial charge in [-0.05, 0) is 24.0 Å². The molecule has 0 heterocycles. The highest BCUT2D eigenvalue weighted by atomic mass is 16.4. The Morgan fingerprint density at radius 2 is 1.80 bits per heavy atom. The summed E-state index contributed by atoms with van der Waals surface area (Å²) in [6, 6.07) is 8.87. The largest absolute Gasteiger partial charge is 0.481 e. The number of rotatable bonds is 1. The number of fused-ring (bicyclic) bond motifs is 1. The van der Waals surface area contributed by atoms with Crippen molar-refractivity contribution in [1.82, 2.24) is 0 Å². The number of benzene rings is 1. The van der Waals surface area contributed by atoms with Crippen molar-refractivity contribution in [3.05, 3.63) is 35.4 Å². The van der Waals surface area contributed by atoms with E-state index in [1.54, 1.807) is 6.92 Å². The Kier molecular flexibility index (Phi) is 4.31. The van der Waals surface area contributed by atoms with E-state index in [-0.39, 0.29) is 6.42 Å². The lowest BCUT2D eigenvalue weighted by Crippen LogP contribution is -2.18. The van der Waals surface area contributed by atoms with E-state index in [1.165, 1.54) is 11.1 Å². The minimum atomic E-state index is -0.745. The lowest BCUT2D eigenvalue weighted by atomic mass is 10.1. The van der Waals surface area contributed by atoms with Crippen molar-refractivity contribution < 1.29 is 9.90 Å². The Morgan fingerprint density at radius 3 is 2.13 bits per heavy atom. The Labute approximate surface area is 89.9 Å². The van der Waals surface area contributed by atoms with E-state index in [9.17, 15) is 4.79 Å². The molecular formula is C12H17NO2. The van der Waals surface area contributed by atoms with Crippen LogP contribution in [0.25, 0.3) is 0 Å². The van der Waals surface area contributed by atoms with Gasteiger partial charge in [-0.25, -0.2) is 0 Å². The van der Waals surface area contributed by atoms with Gasteiger partial charge >= 0.3 is 5.97 Å². The van der Waals surface area contributed by atoms with Gasteiger partial charge in [0.2, 0.25) is 0 Å². The van der Waals surface area contributed by atoms with Gasteiger partial charge < -0.3 is 10.8 Å². The molecular weight excluding hydrogens is 190 g/mol. The first-order valence-corrected chi connectivity index (χ1v) is 5.17. The van der Waals surface area contributed by atoms with Gasteiger partial charge in [-0.1, -0.05) is 31.2 Å². The molecule has 1 aliphatic rings. The van der Waals surface area contributed by atoms with E-state index < -0.39 is 5.97 Å². The summed E-state index contributed by atoms with van der Waals surface area (Å²) in [7, 11) is 0. The zero-order valence-corrected chi connectivity index (χ0v) is 8.94. The molecule has 0 aromatic heterocycles. The van der Waals surface area contributed by atoms with Gasteiger partial charge in [0.05, 0.1) is 0 Å². The second-order valence-corrected chi connectivity index (χ2v) is 3.68. The molecule has 3 heteroatoms. The fraction of sp³-hybridized carbons (Fsp3) is 0.417. The first-order valence-electron chi connectivity index (χ1n) is 5.17. The summed E-state index contributed by atoms with van der Waals surface area (Å²) in [5.41, 5.74) is 8.66. The number of hydrogen-bond donors (Lipinski definition) is 2. The number of carboxylic acids is 1. The first-order chi connectivity index (χ1) is 7.13. The van der Waals surface area contributed by atoms with Crippen LogP contribution in [0.15, 0.2) is 24.3 Å². The summed E-state index contributed by atoms with van der Waals surface area (Å²) in [5.74, 6) is -0.745. The summed E-state index contributed by atoms with van der Waals surface area (Å²) in [6.07, 6.45) is 2.35. The number of nitrogens with two attached hydrogens (primary N) is 1. The molecule has 0 saturated carbocycles. The van der Waals surface area contributed by atoms with Crippen LogP contribution in [0, 0.1) is 0 Å². The molecule has 1 aromatic rings. The van der Waals surface area contributed by atoms with Gasteiger partial charge in [0.1, 0.15) is 0 Å². The van der Waals surface area contributed by atoms with Crippen molar-refractivity contribution in [2.75, 3.05) is 0 Å². The molecule has 3 N–H and O–H groups in total. The lowest BCUT2D eigenvalue weighted by Gasteiger charge is -1.94. The third kappa shape index (κ3) is 3.72. The molecule has 2 rings (SSSR count). The fourth-order valence-electron chi connectivity index (χ4n) is 1.59. The minimum Gasteiger partial charge on any atom is -0.481 e. The molecule has 0 spiro atoms. The Bertz CT molecular complexity index is 311. The molecule has 15 heavy (non-hydrogen) atoms. The van der Waals surface area contributed by atoms with E-state index in [4.69, 9.17) is 10.8 Å². The van der Waals surface area contributed by atoms with Crippen LogP contribution in [0.4, 0.5) is 0 Å². The van der Waals surface area contributed by atoms with E-state index in [2.05, 4.69) is 24.3 Å². The van der Waals surface area contributed by atoms with Crippen molar-refractivity contribution in [3.63, 3.8) is 0 Å². The van der Waals surface area contributed by atoms with Gasteiger partial charge in [-0.3, -0.25) is 4.79 Å². The third-order valence-electron chi connectivity index (χ3n) is 2.39. The molecule has 0 saturated heterocycles. The predicted molar refractivity (Wildman–Crippen MR) is 59.8 cm³/mol. The van der Waals surface area contributed by atoms with Crippen LogP contribution in [-0.4, -0.2) is 17.1 Å². The first kappa shape index (κ1) is 11.7. The Hall–Kier alpha value is -1.35. The van der Waals surface area contributed by atoms with Crippen molar-refractivity contribution in [3.8, 4) is 0 Å². The number of hydrogen-bond acceptors (Lipinski definition) is 2. The van der Waals surface area contributed by atoms with Crippen LogP contribution >= 0.6 is 0 Å². The molecule has 3 nitrogen and oxygen atoms in total. The lowest BCUT2D eigenvalue weighted by molar-refractivity contribution is -0.136. The molecule has 0 amide bonds. The highest BCUT2D eigenvalue weighted by molar-refractivity contribution is 5.66. The minimum absolute atomic E-state index is 0.222. The molecule has 0 atom stereocenters. The second-order valence-electron chi connectivity index (χ2n) is 3.68. The van der Waals surface area contributed by atoms with E-state index in [0.717, 1.165) is 12.8 Å². The number of carboxylic acid groups (broad SMARTS) is 1. The summed E-state index contributed by atoms with van der Waals surface area (Å²) in [5, 5.41) is 7.72.